The van der Waals surface area contributed by atoms with Gasteiger partial charge in [0.05, 0.1) is 26.0 Å². The van der Waals surface area contributed by atoms with Crippen molar-refractivity contribution >= 4 is 5.52 Å². The minimum absolute atomic E-state index is 0.125. The number of aromatic nitrogens is 5. The fourth-order valence-corrected chi connectivity index (χ4v) is 3.84. The summed E-state index contributed by atoms with van der Waals surface area (Å²) in [5.41, 5.74) is 2.52. The van der Waals surface area contributed by atoms with Crippen LogP contribution in [0, 0.1) is 0 Å². The van der Waals surface area contributed by atoms with Crippen LogP contribution in [-0.4, -0.2) is 44.6 Å². The Bertz CT molecular complexity index is 1550. The number of rotatable bonds is 9. The molecule has 3 heterocycles. The maximum atomic E-state index is 13.1. The summed E-state index contributed by atoms with van der Waals surface area (Å²) < 4.78 is 24.9. The molecule has 184 valence electrons. The second-order valence-corrected chi connectivity index (χ2v) is 7.86. The van der Waals surface area contributed by atoms with Crippen LogP contribution in [-0.2, 0) is 6.54 Å². The summed E-state index contributed by atoms with van der Waals surface area (Å²) >= 11 is 0. The molecule has 2 aromatic carbocycles. The number of ether oxygens (including phenoxy) is 3. The van der Waals surface area contributed by atoms with Gasteiger partial charge in [-0.25, -0.2) is 4.52 Å². The van der Waals surface area contributed by atoms with Crippen LogP contribution in [0.15, 0.2) is 70.2 Å². The van der Waals surface area contributed by atoms with Crippen LogP contribution in [0.2, 0.25) is 0 Å². The van der Waals surface area contributed by atoms with Crippen molar-refractivity contribution in [3.63, 3.8) is 0 Å². The van der Waals surface area contributed by atoms with E-state index in [4.69, 9.17) is 18.7 Å². The molecule has 0 radical (unpaired) electrons. The molecular formula is C26H25N5O5. The third kappa shape index (κ3) is 4.52. The number of nitrogens with zero attached hydrogens (tertiary/aromatic N) is 5. The highest BCUT2D eigenvalue weighted by Crippen LogP contribution is 2.31. The Balaban J connectivity index is 1.39. The van der Waals surface area contributed by atoms with Gasteiger partial charge in [0.1, 0.15) is 17.8 Å². The smallest absolute Gasteiger partial charge is 0.277 e. The summed E-state index contributed by atoms with van der Waals surface area (Å²) in [6, 6.07) is 14.8. The van der Waals surface area contributed by atoms with Gasteiger partial charge in [-0.3, -0.25) is 4.79 Å². The van der Waals surface area contributed by atoms with Gasteiger partial charge in [0.15, 0.2) is 11.5 Å². The van der Waals surface area contributed by atoms with Gasteiger partial charge in [0.25, 0.3) is 5.56 Å². The molecule has 5 aromatic rings. The first-order chi connectivity index (χ1) is 17.6. The Morgan fingerprint density at radius 3 is 2.44 bits per heavy atom. The molecule has 0 bridgehead atoms. The molecule has 5 rings (SSSR count). The van der Waals surface area contributed by atoms with E-state index in [-0.39, 0.29) is 12.1 Å². The van der Waals surface area contributed by atoms with Crippen LogP contribution in [0.3, 0.4) is 0 Å². The van der Waals surface area contributed by atoms with E-state index in [1.54, 1.807) is 42.2 Å². The van der Waals surface area contributed by atoms with Crippen LogP contribution >= 0.6 is 0 Å². The Hall–Kier alpha value is -4.60. The van der Waals surface area contributed by atoms with E-state index in [0.29, 0.717) is 53.2 Å². The monoisotopic (exact) mass is 487 g/mol. The normalized spacial score (nSPS) is 11.1. The predicted molar refractivity (Wildman–Crippen MR) is 133 cm³/mol. The SMILES string of the molecule is CCOc1ccc(-c2cc3c(=O)n(Cc4nc(-c5ccc(OCC)c(OC)c5)no4)ccn3n2)cc1. The average Bonchev–Trinajstić information content (AvgIpc) is 3.55. The fraction of sp³-hybridized carbons (Fsp3) is 0.231. The zero-order valence-electron chi connectivity index (χ0n) is 20.2. The van der Waals surface area contributed by atoms with Crippen molar-refractivity contribution in [2.45, 2.75) is 20.4 Å². The standard InChI is InChI=1S/C26H25N5O5/c1-4-34-19-9-6-17(7-10-19)20-15-21-26(32)30(12-13-31(21)28-20)16-24-27-25(29-36-24)18-8-11-22(35-5-2)23(14-18)33-3/h6-15H,4-5,16H2,1-3H3. The van der Waals surface area contributed by atoms with Gasteiger partial charge < -0.3 is 23.3 Å². The van der Waals surface area contributed by atoms with Crippen molar-refractivity contribution in [2.75, 3.05) is 20.3 Å². The molecule has 0 saturated carbocycles. The van der Waals surface area contributed by atoms with Crippen LogP contribution in [0.1, 0.15) is 19.7 Å². The van der Waals surface area contributed by atoms with E-state index in [0.717, 1.165) is 11.3 Å². The molecule has 0 unspecified atom stereocenters. The first kappa shape index (κ1) is 23.2. The molecular weight excluding hydrogens is 462 g/mol. The van der Waals surface area contributed by atoms with Gasteiger partial charge >= 0.3 is 0 Å². The van der Waals surface area contributed by atoms with Crippen molar-refractivity contribution < 1.29 is 18.7 Å². The minimum atomic E-state index is -0.218. The Morgan fingerprint density at radius 2 is 1.69 bits per heavy atom. The van der Waals surface area contributed by atoms with Crippen LogP contribution in [0.4, 0.5) is 0 Å². The predicted octanol–water partition coefficient (Wildman–Crippen LogP) is 4.07. The quantitative estimate of drug-likeness (QED) is 0.306. The maximum absolute atomic E-state index is 13.1. The van der Waals surface area contributed by atoms with E-state index in [1.807, 2.05) is 44.2 Å². The van der Waals surface area contributed by atoms with E-state index < -0.39 is 0 Å². The van der Waals surface area contributed by atoms with E-state index >= 15 is 0 Å². The van der Waals surface area contributed by atoms with Crippen LogP contribution < -0.4 is 19.8 Å². The third-order valence-corrected chi connectivity index (χ3v) is 5.56. The van der Waals surface area contributed by atoms with E-state index in [9.17, 15) is 4.79 Å². The highest BCUT2D eigenvalue weighted by Gasteiger charge is 2.15. The molecule has 0 amide bonds. The largest absolute Gasteiger partial charge is 0.494 e. The molecule has 0 aliphatic heterocycles. The first-order valence-electron chi connectivity index (χ1n) is 11.6. The second-order valence-electron chi connectivity index (χ2n) is 7.86. The van der Waals surface area contributed by atoms with Gasteiger partial charge in [0, 0.05) is 23.5 Å². The summed E-state index contributed by atoms with van der Waals surface area (Å²) in [6.07, 6.45) is 3.37. The molecule has 0 atom stereocenters. The summed E-state index contributed by atoms with van der Waals surface area (Å²) in [6.45, 7) is 5.10. The lowest BCUT2D eigenvalue weighted by Gasteiger charge is -2.09. The van der Waals surface area contributed by atoms with Crippen LogP contribution in [0.25, 0.3) is 28.2 Å². The first-order valence-corrected chi connectivity index (χ1v) is 11.6. The number of hydrogen-bond acceptors (Lipinski definition) is 8. The van der Waals surface area contributed by atoms with Gasteiger partial charge in [-0.2, -0.15) is 10.1 Å². The summed E-state index contributed by atoms with van der Waals surface area (Å²) in [5.74, 6) is 2.69. The second kappa shape index (κ2) is 9.95. The van der Waals surface area contributed by atoms with Gasteiger partial charge in [-0.15, -0.1) is 0 Å². The van der Waals surface area contributed by atoms with Crippen molar-refractivity contribution in [3.8, 4) is 39.9 Å². The Morgan fingerprint density at radius 1 is 0.917 bits per heavy atom. The van der Waals surface area contributed by atoms with Crippen LogP contribution in [0.5, 0.6) is 17.2 Å². The molecule has 3 aromatic heterocycles. The minimum Gasteiger partial charge on any atom is -0.494 e. The number of benzene rings is 2. The zero-order valence-corrected chi connectivity index (χ0v) is 20.2. The molecule has 36 heavy (non-hydrogen) atoms. The van der Waals surface area contributed by atoms with E-state index in [2.05, 4.69) is 15.2 Å². The molecule has 0 aliphatic rings. The summed E-state index contributed by atoms with van der Waals surface area (Å²) in [5, 5.41) is 8.60. The summed E-state index contributed by atoms with van der Waals surface area (Å²) in [4.78, 5) is 17.6. The van der Waals surface area contributed by atoms with Crippen molar-refractivity contribution in [3.05, 3.63) is 77.2 Å². The number of methoxy groups -OCH3 is 1. The molecule has 0 saturated heterocycles. The molecule has 10 nitrogen and oxygen atoms in total. The van der Waals surface area contributed by atoms with Gasteiger partial charge in [0.2, 0.25) is 11.7 Å². The molecule has 0 fully saturated rings. The third-order valence-electron chi connectivity index (χ3n) is 5.56. The Kier molecular flexibility index (Phi) is 6.40. The lowest BCUT2D eigenvalue weighted by molar-refractivity contribution is 0.311. The topological polar surface area (TPSA) is 106 Å². The highest BCUT2D eigenvalue weighted by molar-refractivity contribution is 5.66. The average molecular weight is 488 g/mol. The zero-order chi connectivity index (χ0) is 25.1. The molecule has 10 heteroatoms. The van der Waals surface area contributed by atoms with Crippen molar-refractivity contribution in [2.24, 2.45) is 0 Å². The lowest BCUT2D eigenvalue weighted by Crippen LogP contribution is -2.21. The maximum Gasteiger partial charge on any atom is 0.277 e. The molecule has 0 N–H and O–H groups in total. The highest BCUT2D eigenvalue weighted by atomic mass is 16.5. The van der Waals surface area contributed by atoms with Gasteiger partial charge in [-0.1, -0.05) is 5.16 Å². The van der Waals surface area contributed by atoms with Crippen molar-refractivity contribution in [1.82, 2.24) is 24.3 Å². The summed E-state index contributed by atoms with van der Waals surface area (Å²) in [7, 11) is 1.57. The lowest BCUT2D eigenvalue weighted by atomic mass is 10.1. The number of fused-ring (bicyclic) bond motifs is 1. The molecule has 0 spiro atoms. The number of hydrogen-bond donors (Lipinski definition) is 0. The van der Waals surface area contributed by atoms with Gasteiger partial charge in [-0.05, 0) is 62.4 Å². The van der Waals surface area contributed by atoms with E-state index in [1.165, 1.54) is 4.57 Å². The molecule has 0 aliphatic carbocycles. The fourth-order valence-electron chi connectivity index (χ4n) is 3.84. The van der Waals surface area contributed by atoms with Crippen molar-refractivity contribution in [1.29, 1.82) is 0 Å². The Labute approximate surface area is 206 Å².